The third-order valence-corrected chi connectivity index (χ3v) is 3.91. The normalized spacial score (nSPS) is 28.8. The maximum atomic E-state index is 11.4. The lowest BCUT2D eigenvalue weighted by Crippen LogP contribution is -2.57. The van der Waals surface area contributed by atoms with E-state index in [9.17, 15) is 19.8 Å². The quantitative estimate of drug-likeness (QED) is 0.536. The molecular weight excluding hydrogens is 272 g/mol. The second kappa shape index (κ2) is 7.56. The molecule has 5 atom stereocenters. The molecule has 0 bridgehead atoms. The van der Waals surface area contributed by atoms with Gasteiger partial charge in [0.2, 0.25) is 5.91 Å². The van der Waals surface area contributed by atoms with Gasteiger partial charge in [-0.2, -0.15) is 0 Å². The van der Waals surface area contributed by atoms with Gasteiger partial charge in [0.25, 0.3) is 0 Å². The number of nitrogens with one attached hydrogen (secondary N) is 2. The van der Waals surface area contributed by atoms with Crippen molar-refractivity contribution < 1.29 is 19.8 Å². The van der Waals surface area contributed by atoms with Crippen LogP contribution in [0.25, 0.3) is 0 Å². The summed E-state index contributed by atoms with van der Waals surface area (Å²) < 4.78 is 0. The van der Waals surface area contributed by atoms with E-state index in [0.29, 0.717) is 6.42 Å². The Hall–Kier alpha value is -1.40. The number of carboxylic acids is 1. The fourth-order valence-corrected chi connectivity index (χ4v) is 2.87. The average molecular weight is 298 g/mol. The minimum absolute atomic E-state index is 0.0404. The summed E-state index contributed by atoms with van der Waals surface area (Å²) in [6.45, 7) is 7.01. The van der Waals surface area contributed by atoms with Crippen LogP contribution in [0.5, 0.6) is 0 Å². The summed E-state index contributed by atoms with van der Waals surface area (Å²) in [5.74, 6) is -1.23. The number of carbonyl (C=O) groups is 2. The molecule has 0 aromatic rings. The molecule has 1 amide bonds. The van der Waals surface area contributed by atoms with Crippen molar-refractivity contribution in [2.24, 2.45) is 11.8 Å². The Balaban J connectivity index is 3.01. The number of hydrogen-bond acceptors (Lipinski definition) is 4. The molecule has 4 N–H and O–H groups in total. The third-order valence-electron chi connectivity index (χ3n) is 3.91. The van der Waals surface area contributed by atoms with Gasteiger partial charge in [-0.05, 0) is 25.2 Å². The largest absolute Gasteiger partial charge is 0.480 e. The number of aliphatic hydroxyl groups excluding tert-OH is 1. The number of aliphatic carboxylic acids is 1. The fraction of sp³-hybridized carbons (Fsp3) is 0.733. The van der Waals surface area contributed by atoms with Crippen LogP contribution in [0.2, 0.25) is 0 Å². The van der Waals surface area contributed by atoms with Gasteiger partial charge in [0.05, 0.1) is 12.1 Å². The van der Waals surface area contributed by atoms with Crippen LogP contribution >= 0.6 is 0 Å². The minimum atomic E-state index is -0.910. The zero-order chi connectivity index (χ0) is 16.2. The first kappa shape index (κ1) is 17.7. The van der Waals surface area contributed by atoms with Crippen LogP contribution in [-0.2, 0) is 9.59 Å². The van der Waals surface area contributed by atoms with Crippen LogP contribution in [0.3, 0.4) is 0 Å². The van der Waals surface area contributed by atoms with E-state index in [4.69, 9.17) is 0 Å². The molecule has 6 nitrogen and oxygen atoms in total. The van der Waals surface area contributed by atoms with Gasteiger partial charge in [-0.25, -0.2) is 0 Å². The van der Waals surface area contributed by atoms with Gasteiger partial charge in [0, 0.05) is 13.0 Å². The topological polar surface area (TPSA) is 98.7 Å². The molecule has 0 spiro atoms. The van der Waals surface area contributed by atoms with Crippen molar-refractivity contribution in [2.45, 2.75) is 58.3 Å². The minimum Gasteiger partial charge on any atom is -0.480 e. The highest BCUT2D eigenvalue weighted by atomic mass is 16.4. The number of amides is 1. The molecule has 6 heteroatoms. The number of aliphatic hydroxyl groups is 1. The summed E-state index contributed by atoms with van der Waals surface area (Å²) in [5.41, 5.74) is 0. The number of allylic oxidation sites excluding steroid dienone is 1. The number of carbonyl (C=O) groups excluding carboxylic acids is 1. The van der Waals surface area contributed by atoms with Crippen molar-refractivity contribution in [3.8, 4) is 0 Å². The Bertz CT molecular complexity index is 408. The van der Waals surface area contributed by atoms with E-state index in [-0.39, 0.29) is 23.8 Å². The molecule has 0 aliphatic carbocycles. The molecule has 0 aromatic carbocycles. The van der Waals surface area contributed by atoms with Crippen LogP contribution in [0.15, 0.2) is 12.2 Å². The molecule has 1 heterocycles. The Morgan fingerprint density at radius 1 is 1.38 bits per heavy atom. The van der Waals surface area contributed by atoms with E-state index in [1.807, 2.05) is 32.9 Å². The van der Waals surface area contributed by atoms with Crippen LogP contribution < -0.4 is 10.6 Å². The lowest BCUT2D eigenvalue weighted by molar-refractivity contribution is -0.139. The predicted octanol–water partition coefficient (Wildman–Crippen LogP) is 0.515. The summed E-state index contributed by atoms with van der Waals surface area (Å²) in [6.07, 6.45) is 3.51. The molecular formula is C15H26N2O4. The summed E-state index contributed by atoms with van der Waals surface area (Å²) >= 11 is 0. The first-order valence-corrected chi connectivity index (χ1v) is 7.34. The van der Waals surface area contributed by atoms with Crippen molar-refractivity contribution in [3.05, 3.63) is 12.2 Å². The van der Waals surface area contributed by atoms with Gasteiger partial charge in [-0.15, -0.1) is 0 Å². The van der Waals surface area contributed by atoms with Crippen LogP contribution in [0.4, 0.5) is 0 Å². The maximum Gasteiger partial charge on any atom is 0.320 e. The second-order valence-corrected chi connectivity index (χ2v) is 5.97. The van der Waals surface area contributed by atoms with Crippen molar-refractivity contribution >= 4 is 11.9 Å². The van der Waals surface area contributed by atoms with Gasteiger partial charge in [0.1, 0.15) is 6.04 Å². The molecule has 1 fully saturated rings. The molecule has 1 rings (SSSR count). The van der Waals surface area contributed by atoms with Gasteiger partial charge in [-0.1, -0.05) is 26.0 Å². The van der Waals surface area contributed by atoms with E-state index in [1.54, 1.807) is 0 Å². The van der Waals surface area contributed by atoms with Crippen LogP contribution in [-0.4, -0.2) is 46.3 Å². The molecule has 0 radical (unpaired) electrons. The molecule has 21 heavy (non-hydrogen) atoms. The van der Waals surface area contributed by atoms with Gasteiger partial charge in [0.15, 0.2) is 0 Å². The standard InChI is InChI=1S/C15H26N2O4/c1-5-6-10-7-11(15(20)21)17-12(10)13(16-9(4)18)14(19)8(2)3/h5-6,8,10-14,17,19H,7H2,1-4H3,(H,16,18)(H,20,21)/b6-5-/t10-,11-,12-,13-,14+/m1/s1. The average Bonchev–Trinajstić information content (AvgIpc) is 2.79. The molecule has 0 aromatic heterocycles. The van der Waals surface area contributed by atoms with E-state index < -0.39 is 24.2 Å². The van der Waals surface area contributed by atoms with Gasteiger partial charge < -0.3 is 15.5 Å². The zero-order valence-corrected chi connectivity index (χ0v) is 13.0. The van der Waals surface area contributed by atoms with Crippen molar-refractivity contribution in [1.29, 1.82) is 0 Å². The van der Waals surface area contributed by atoms with E-state index in [2.05, 4.69) is 10.6 Å². The zero-order valence-electron chi connectivity index (χ0n) is 13.0. The molecule has 0 unspecified atom stereocenters. The summed E-state index contributed by atoms with van der Waals surface area (Å²) in [5, 5.41) is 25.4. The predicted molar refractivity (Wildman–Crippen MR) is 79.7 cm³/mol. The molecule has 0 saturated carbocycles. The monoisotopic (exact) mass is 298 g/mol. The van der Waals surface area contributed by atoms with E-state index >= 15 is 0 Å². The van der Waals surface area contributed by atoms with Gasteiger partial charge >= 0.3 is 5.97 Å². The highest BCUT2D eigenvalue weighted by molar-refractivity contribution is 5.75. The van der Waals surface area contributed by atoms with Gasteiger partial charge in [-0.3, -0.25) is 14.9 Å². The molecule has 1 aliphatic heterocycles. The summed E-state index contributed by atoms with van der Waals surface area (Å²) in [6, 6.07) is -1.48. The Morgan fingerprint density at radius 3 is 2.43 bits per heavy atom. The van der Waals surface area contributed by atoms with E-state index in [0.717, 1.165) is 0 Å². The smallest absolute Gasteiger partial charge is 0.320 e. The van der Waals surface area contributed by atoms with Crippen molar-refractivity contribution in [3.63, 3.8) is 0 Å². The first-order valence-electron chi connectivity index (χ1n) is 7.34. The summed E-state index contributed by atoms with van der Waals surface area (Å²) in [7, 11) is 0. The highest BCUT2D eigenvalue weighted by Gasteiger charge is 2.43. The van der Waals surface area contributed by atoms with Crippen molar-refractivity contribution in [2.75, 3.05) is 0 Å². The number of rotatable bonds is 6. The lowest BCUT2D eigenvalue weighted by atomic mass is 9.86. The second-order valence-electron chi connectivity index (χ2n) is 5.97. The Kier molecular flexibility index (Phi) is 6.36. The lowest BCUT2D eigenvalue weighted by Gasteiger charge is -2.33. The first-order chi connectivity index (χ1) is 9.77. The van der Waals surface area contributed by atoms with Crippen LogP contribution in [0.1, 0.15) is 34.1 Å². The third kappa shape index (κ3) is 4.54. The fourth-order valence-electron chi connectivity index (χ4n) is 2.87. The molecule has 120 valence electrons. The van der Waals surface area contributed by atoms with Crippen LogP contribution in [0, 0.1) is 11.8 Å². The highest BCUT2D eigenvalue weighted by Crippen LogP contribution is 2.27. The van der Waals surface area contributed by atoms with Crippen molar-refractivity contribution in [1.82, 2.24) is 10.6 Å². The Labute approximate surface area is 125 Å². The summed E-state index contributed by atoms with van der Waals surface area (Å²) in [4.78, 5) is 22.6. The SMILES string of the molecule is C/C=C\[C@@H]1C[C@H](C(=O)O)N[C@H]1[C@@H](NC(C)=O)[C@@H](O)C(C)C. The molecule has 1 saturated heterocycles. The number of hydrogen-bond donors (Lipinski definition) is 4. The maximum absolute atomic E-state index is 11.4. The Morgan fingerprint density at radius 2 is 2.00 bits per heavy atom. The molecule has 1 aliphatic rings. The van der Waals surface area contributed by atoms with E-state index in [1.165, 1.54) is 6.92 Å². The number of carboxylic acid groups (broad SMARTS) is 1.